The molecule has 0 spiro atoms. The molecule has 1 aliphatic carbocycles. The summed E-state index contributed by atoms with van der Waals surface area (Å²) in [7, 11) is 1.65. The third kappa shape index (κ3) is 6.01. The Morgan fingerprint density at radius 2 is 1.52 bits per heavy atom. The Kier molecular flexibility index (Phi) is 8.85. The number of hydrogen-bond acceptors (Lipinski definition) is 3. The van der Waals surface area contributed by atoms with E-state index in [1.807, 2.05) is 54.7 Å². The number of benzene rings is 4. The van der Waals surface area contributed by atoms with Crippen LogP contribution in [0, 0.1) is 0 Å². The van der Waals surface area contributed by atoms with E-state index in [0.717, 1.165) is 50.9 Å². The first-order valence-electron chi connectivity index (χ1n) is 15.1. The molecule has 1 atom stereocenters. The minimum Gasteiger partial charge on any atom is -0.496 e. The summed E-state index contributed by atoms with van der Waals surface area (Å²) in [4.78, 5) is 17.8. The monoisotopic (exact) mass is 579 g/mol. The quantitative estimate of drug-likeness (QED) is 0.153. The van der Waals surface area contributed by atoms with Crippen LogP contribution < -0.4 is 15.4 Å². The molecule has 0 unspecified atom stereocenters. The van der Waals surface area contributed by atoms with Gasteiger partial charge in [0.25, 0.3) is 0 Å². The number of allylic oxidation sites excluding steroid dienone is 4. The Balaban J connectivity index is 1.47. The summed E-state index contributed by atoms with van der Waals surface area (Å²) in [5.74, 6) is 0.656. The molecule has 1 heterocycles. The molecule has 0 radical (unpaired) electrons. The zero-order valence-electron chi connectivity index (χ0n) is 24.9. The number of nitrogens with one attached hydrogen (secondary N) is 3. The second-order valence-corrected chi connectivity index (χ2v) is 11.0. The summed E-state index contributed by atoms with van der Waals surface area (Å²) in [6, 6.07) is 36.3. The standard InChI is InChI=1S/C39H37N3O2/c1-44-37-25-15-12-16-29(37)27-41-38(43)36(26-30-28-40-35-24-14-13-23-34(30)35)42-39(32-19-8-4-9-20-32,33-21-10-5-11-22-33)31-17-6-2-3-7-18-31/h2,4-25,28,36,40,42H,3,26-27H2,1H3,(H,41,43)/t36-/m1/s1. The van der Waals surface area contributed by atoms with Crippen LogP contribution in [0.2, 0.25) is 0 Å². The van der Waals surface area contributed by atoms with E-state index in [4.69, 9.17) is 4.74 Å². The summed E-state index contributed by atoms with van der Waals surface area (Å²) in [5.41, 5.74) is 5.40. The number of H-pyrrole nitrogens is 1. The summed E-state index contributed by atoms with van der Waals surface area (Å²) in [5, 5.41) is 8.30. The largest absolute Gasteiger partial charge is 0.496 e. The molecule has 44 heavy (non-hydrogen) atoms. The van der Waals surface area contributed by atoms with Crippen molar-refractivity contribution in [3.05, 3.63) is 174 Å². The molecule has 220 valence electrons. The molecule has 0 fully saturated rings. The Morgan fingerprint density at radius 1 is 0.841 bits per heavy atom. The normalized spacial score (nSPS) is 13.7. The average molecular weight is 580 g/mol. The number of carbonyl (C=O) groups is 1. The van der Waals surface area contributed by atoms with Crippen molar-refractivity contribution in [1.29, 1.82) is 0 Å². The number of methoxy groups -OCH3 is 1. The lowest BCUT2D eigenvalue weighted by molar-refractivity contribution is -0.123. The van der Waals surface area contributed by atoms with Crippen molar-refractivity contribution in [2.45, 2.75) is 31.0 Å². The molecule has 3 N–H and O–H groups in total. The van der Waals surface area contributed by atoms with E-state index in [1.54, 1.807) is 7.11 Å². The van der Waals surface area contributed by atoms with Crippen molar-refractivity contribution < 1.29 is 9.53 Å². The van der Waals surface area contributed by atoms with Gasteiger partial charge in [-0.1, -0.05) is 127 Å². The van der Waals surface area contributed by atoms with E-state index in [0.29, 0.717) is 13.0 Å². The van der Waals surface area contributed by atoms with Crippen molar-refractivity contribution in [1.82, 2.24) is 15.6 Å². The molecule has 0 aliphatic heterocycles. The van der Waals surface area contributed by atoms with E-state index in [-0.39, 0.29) is 5.91 Å². The highest BCUT2D eigenvalue weighted by atomic mass is 16.5. The highest BCUT2D eigenvalue weighted by Crippen LogP contribution is 2.39. The van der Waals surface area contributed by atoms with Crippen molar-refractivity contribution in [3.8, 4) is 5.75 Å². The number of rotatable bonds is 11. The number of fused-ring (bicyclic) bond motifs is 1. The van der Waals surface area contributed by atoms with Crippen molar-refractivity contribution in [2.24, 2.45) is 0 Å². The molecule has 6 rings (SSSR count). The van der Waals surface area contributed by atoms with Crippen LogP contribution in [0.4, 0.5) is 0 Å². The number of para-hydroxylation sites is 2. The van der Waals surface area contributed by atoms with Gasteiger partial charge < -0.3 is 15.0 Å². The van der Waals surface area contributed by atoms with Gasteiger partial charge in [0, 0.05) is 29.2 Å². The van der Waals surface area contributed by atoms with E-state index in [9.17, 15) is 4.79 Å². The zero-order valence-corrected chi connectivity index (χ0v) is 24.9. The minimum atomic E-state index is -0.813. The summed E-state index contributed by atoms with van der Waals surface area (Å²) in [6.45, 7) is 0.351. The number of amides is 1. The van der Waals surface area contributed by atoms with Gasteiger partial charge in [-0.2, -0.15) is 0 Å². The molecule has 4 aromatic carbocycles. The molecule has 5 heteroatoms. The number of aromatic nitrogens is 1. The summed E-state index contributed by atoms with van der Waals surface area (Å²) in [6.07, 6.45) is 14.1. The van der Waals surface area contributed by atoms with Crippen LogP contribution in [0.3, 0.4) is 0 Å². The highest BCUT2D eigenvalue weighted by molar-refractivity contribution is 5.86. The van der Waals surface area contributed by atoms with Gasteiger partial charge >= 0.3 is 0 Å². The molecule has 1 aliphatic rings. The topological polar surface area (TPSA) is 66.1 Å². The van der Waals surface area contributed by atoms with Gasteiger partial charge in [0.15, 0.2) is 0 Å². The Morgan fingerprint density at radius 3 is 2.27 bits per heavy atom. The Bertz CT molecular complexity index is 1760. The molecule has 1 aromatic heterocycles. The first-order chi connectivity index (χ1) is 21.7. The summed E-state index contributed by atoms with van der Waals surface area (Å²) >= 11 is 0. The van der Waals surface area contributed by atoms with E-state index in [1.165, 1.54) is 0 Å². The SMILES string of the molecule is COc1ccccc1CNC(=O)[C@@H](Cc1c[nH]c2ccccc12)NC(C1=CC=CCC=C1)(c1ccccc1)c1ccccc1. The van der Waals surface area contributed by atoms with Gasteiger partial charge in [0.05, 0.1) is 18.7 Å². The molecule has 0 saturated carbocycles. The molecular formula is C39H37N3O2. The summed E-state index contributed by atoms with van der Waals surface area (Å²) < 4.78 is 5.57. The fourth-order valence-electron chi connectivity index (χ4n) is 6.10. The van der Waals surface area contributed by atoms with Crippen LogP contribution >= 0.6 is 0 Å². The second-order valence-electron chi connectivity index (χ2n) is 11.0. The van der Waals surface area contributed by atoms with Crippen molar-refractivity contribution in [2.75, 3.05) is 7.11 Å². The average Bonchev–Trinajstić information content (AvgIpc) is 3.29. The van der Waals surface area contributed by atoms with Crippen LogP contribution in [0.15, 0.2) is 151 Å². The minimum absolute atomic E-state index is 0.0915. The maximum absolute atomic E-state index is 14.4. The number of hydrogen-bond donors (Lipinski definition) is 3. The lowest BCUT2D eigenvalue weighted by Crippen LogP contribution is -2.56. The first-order valence-corrected chi connectivity index (χ1v) is 15.1. The van der Waals surface area contributed by atoms with Crippen LogP contribution in [0.25, 0.3) is 10.9 Å². The van der Waals surface area contributed by atoms with Crippen LogP contribution in [-0.2, 0) is 23.3 Å². The van der Waals surface area contributed by atoms with Crippen LogP contribution in [0.5, 0.6) is 5.75 Å². The van der Waals surface area contributed by atoms with Gasteiger partial charge in [-0.05, 0) is 47.2 Å². The third-order valence-corrected chi connectivity index (χ3v) is 8.28. The van der Waals surface area contributed by atoms with E-state index in [2.05, 4.69) is 107 Å². The lowest BCUT2D eigenvalue weighted by Gasteiger charge is -2.40. The Hall–Kier alpha value is -5.13. The van der Waals surface area contributed by atoms with Crippen LogP contribution in [-0.4, -0.2) is 24.0 Å². The third-order valence-electron chi connectivity index (χ3n) is 8.28. The molecule has 0 saturated heterocycles. The maximum Gasteiger partial charge on any atom is 0.237 e. The van der Waals surface area contributed by atoms with Gasteiger partial charge in [-0.25, -0.2) is 0 Å². The number of ether oxygens (including phenoxy) is 1. The van der Waals surface area contributed by atoms with Crippen molar-refractivity contribution >= 4 is 16.8 Å². The predicted molar refractivity (Wildman–Crippen MR) is 178 cm³/mol. The van der Waals surface area contributed by atoms with Gasteiger partial charge in [-0.15, -0.1) is 0 Å². The zero-order chi connectivity index (χ0) is 30.2. The smallest absolute Gasteiger partial charge is 0.237 e. The molecule has 5 aromatic rings. The van der Waals surface area contributed by atoms with E-state index >= 15 is 0 Å². The first kappa shape index (κ1) is 29.0. The molecule has 1 amide bonds. The second kappa shape index (κ2) is 13.4. The van der Waals surface area contributed by atoms with Gasteiger partial charge in [0.2, 0.25) is 5.91 Å². The fraction of sp³-hybridized carbons (Fsp3) is 0.154. The highest BCUT2D eigenvalue weighted by Gasteiger charge is 2.40. The van der Waals surface area contributed by atoms with E-state index < -0.39 is 11.6 Å². The number of carbonyl (C=O) groups excluding carboxylic acids is 1. The van der Waals surface area contributed by atoms with Gasteiger partial charge in [0.1, 0.15) is 5.75 Å². The Labute approximate surface area is 259 Å². The predicted octanol–water partition coefficient (Wildman–Crippen LogP) is 7.38. The van der Waals surface area contributed by atoms with Crippen molar-refractivity contribution in [3.63, 3.8) is 0 Å². The molecule has 5 nitrogen and oxygen atoms in total. The number of aromatic amines is 1. The molecular weight excluding hydrogens is 542 g/mol. The fourth-order valence-corrected chi connectivity index (χ4v) is 6.10. The van der Waals surface area contributed by atoms with Gasteiger partial charge in [-0.3, -0.25) is 10.1 Å². The molecule has 0 bridgehead atoms. The maximum atomic E-state index is 14.4. The van der Waals surface area contributed by atoms with Crippen LogP contribution in [0.1, 0.15) is 28.7 Å². The lowest BCUT2D eigenvalue weighted by atomic mass is 9.75.